The first-order valence-electron chi connectivity index (χ1n) is 4.20. The second kappa shape index (κ2) is 3.94. The van der Waals surface area contributed by atoms with E-state index in [0.29, 0.717) is 4.47 Å². The van der Waals surface area contributed by atoms with E-state index < -0.39 is 5.97 Å². The summed E-state index contributed by atoms with van der Waals surface area (Å²) in [5, 5.41) is 10.8. The zero-order chi connectivity index (χ0) is 11.0. The summed E-state index contributed by atoms with van der Waals surface area (Å²) in [4.78, 5) is 10.9. The van der Waals surface area contributed by atoms with Crippen LogP contribution in [-0.4, -0.2) is 11.1 Å². The van der Waals surface area contributed by atoms with Crippen LogP contribution in [0.1, 0.15) is 10.4 Å². The van der Waals surface area contributed by atoms with E-state index in [1.54, 1.807) is 12.1 Å². The number of halogens is 2. The molecule has 0 aromatic heterocycles. The van der Waals surface area contributed by atoms with Gasteiger partial charge in [-0.1, -0.05) is 28.1 Å². The van der Waals surface area contributed by atoms with Crippen molar-refractivity contribution in [2.75, 3.05) is 0 Å². The predicted molar refractivity (Wildman–Crippen MR) is 66.3 cm³/mol. The number of carbonyl (C=O) groups is 1. The Kier molecular flexibility index (Phi) is 2.80. The minimum atomic E-state index is -0.924. The Labute approximate surface area is 103 Å². The highest BCUT2D eigenvalue weighted by Crippen LogP contribution is 2.29. The van der Waals surface area contributed by atoms with Gasteiger partial charge in [-0.25, -0.2) is 4.79 Å². The molecule has 0 radical (unpaired) electrons. The molecule has 0 unspecified atom stereocenters. The third-order valence-corrected chi connectivity index (χ3v) is 3.49. The summed E-state index contributed by atoms with van der Waals surface area (Å²) in [5.41, 5.74) is 0.282. The zero-order valence-electron chi connectivity index (χ0n) is 7.50. The molecule has 0 saturated carbocycles. The first-order valence-corrected chi connectivity index (χ1v) is 5.79. The van der Waals surface area contributed by atoms with Crippen LogP contribution in [0.4, 0.5) is 0 Å². The van der Waals surface area contributed by atoms with E-state index in [4.69, 9.17) is 5.11 Å². The molecule has 0 saturated heterocycles. The number of hydrogen-bond acceptors (Lipinski definition) is 1. The van der Waals surface area contributed by atoms with Crippen molar-refractivity contribution in [3.63, 3.8) is 0 Å². The number of aromatic carboxylic acids is 1. The van der Waals surface area contributed by atoms with E-state index in [-0.39, 0.29) is 5.56 Å². The van der Waals surface area contributed by atoms with E-state index in [9.17, 15) is 4.79 Å². The van der Waals surface area contributed by atoms with Crippen molar-refractivity contribution in [3.05, 3.63) is 44.8 Å². The molecule has 0 amide bonds. The van der Waals surface area contributed by atoms with Crippen LogP contribution >= 0.6 is 31.9 Å². The van der Waals surface area contributed by atoms with E-state index in [0.717, 1.165) is 15.2 Å². The van der Waals surface area contributed by atoms with Gasteiger partial charge in [0.25, 0.3) is 0 Å². The fourth-order valence-corrected chi connectivity index (χ4v) is 2.47. The van der Waals surface area contributed by atoms with Crippen molar-refractivity contribution in [1.29, 1.82) is 0 Å². The number of carboxylic acid groups (broad SMARTS) is 1. The zero-order valence-corrected chi connectivity index (χ0v) is 10.7. The fourth-order valence-electron chi connectivity index (χ4n) is 1.43. The van der Waals surface area contributed by atoms with Gasteiger partial charge in [-0.3, -0.25) is 0 Å². The van der Waals surface area contributed by atoms with Crippen LogP contribution in [0, 0.1) is 0 Å². The third-order valence-electron chi connectivity index (χ3n) is 2.15. The largest absolute Gasteiger partial charge is 0.478 e. The van der Waals surface area contributed by atoms with E-state index in [1.165, 1.54) is 0 Å². The van der Waals surface area contributed by atoms with Crippen LogP contribution in [0.15, 0.2) is 39.3 Å². The average molecular weight is 330 g/mol. The van der Waals surface area contributed by atoms with Gasteiger partial charge in [-0.2, -0.15) is 0 Å². The van der Waals surface area contributed by atoms with Crippen LogP contribution in [0.5, 0.6) is 0 Å². The molecule has 0 aliphatic rings. The lowest BCUT2D eigenvalue weighted by Gasteiger charge is -2.04. The average Bonchev–Trinajstić information content (AvgIpc) is 2.17. The molecule has 2 aromatic rings. The lowest BCUT2D eigenvalue weighted by atomic mass is 10.1. The maximum atomic E-state index is 10.9. The summed E-state index contributed by atoms with van der Waals surface area (Å²) >= 11 is 6.68. The van der Waals surface area contributed by atoms with Crippen molar-refractivity contribution in [1.82, 2.24) is 0 Å². The Balaban J connectivity index is 2.80. The number of rotatable bonds is 1. The molecule has 15 heavy (non-hydrogen) atoms. The minimum Gasteiger partial charge on any atom is -0.478 e. The molecule has 0 fully saturated rings. The van der Waals surface area contributed by atoms with Gasteiger partial charge in [0, 0.05) is 8.95 Å². The van der Waals surface area contributed by atoms with E-state index >= 15 is 0 Å². The van der Waals surface area contributed by atoms with Crippen molar-refractivity contribution in [3.8, 4) is 0 Å². The monoisotopic (exact) mass is 328 g/mol. The number of fused-ring (bicyclic) bond motifs is 1. The summed E-state index contributed by atoms with van der Waals surface area (Å²) in [6.07, 6.45) is 0. The van der Waals surface area contributed by atoms with Gasteiger partial charge >= 0.3 is 5.97 Å². The van der Waals surface area contributed by atoms with E-state index in [2.05, 4.69) is 31.9 Å². The van der Waals surface area contributed by atoms with Gasteiger partial charge in [0.15, 0.2) is 0 Å². The second-order valence-corrected chi connectivity index (χ2v) is 4.81. The standard InChI is InChI=1S/C11H6Br2O2/c12-7-2-4-8-6(5-7)1-3-9(10(8)13)11(14)15/h1-5H,(H,14,15). The molecule has 0 atom stereocenters. The molecule has 0 aliphatic heterocycles. The SMILES string of the molecule is O=C(O)c1ccc2cc(Br)ccc2c1Br. The first-order chi connectivity index (χ1) is 7.09. The minimum absolute atomic E-state index is 0.282. The van der Waals surface area contributed by atoms with Gasteiger partial charge < -0.3 is 5.11 Å². The molecule has 2 rings (SSSR count). The molecular weight excluding hydrogens is 324 g/mol. The molecule has 4 heteroatoms. The molecule has 0 spiro atoms. The smallest absolute Gasteiger partial charge is 0.336 e. The Morgan fingerprint density at radius 3 is 2.53 bits per heavy atom. The van der Waals surface area contributed by atoms with Crippen molar-refractivity contribution < 1.29 is 9.90 Å². The number of hydrogen-bond donors (Lipinski definition) is 1. The Morgan fingerprint density at radius 1 is 1.13 bits per heavy atom. The maximum Gasteiger partial charge on any atom is 0.336 e. The summed E-state index contributed by atoms with van der Waals surface area (Å²) < 4.78 is 1.60. The Morgan fingerprint density at radius 2 is 1.87 bits per heavy atom. The second-order valence-electron chi connectivity index (χ2n) is 3.10. The maximum absolute atomic E-state index is 10.9. The third kappa shape index (κ3) is 1.92. The van der Waals surface area contributed by atoms with Crippen LogP contribution in [-0.2, 0) is 0 Å². The van der Waals surface area contributed by atoms with Crippen LogP contribution in [0.25, 0.3) is 10.8 Å². The summed E-state index contributed by atoms with van der Waals surface area (Å²) in [6.45, 7) is 0. The molecular formula is C11H6Br2O2. The lowest BCUT2D eigenvalue weighted by molar-refractivity contribution is 0.0696. The van der Waals surface area contributed by atoms with Crippen LogP contribution in [0.2, 0.25) is 0 Å². The topological polar surface area (TPSA) is 37.3 Å². The summed E-state index contributed by atoms with van der Waals surface area (Å²) in [7, 11) is 0. The van der Waals surface area contributed by atoms with Gasteiger partial charge in [-0.15, -0.1) is 0 Å². The molecule has 0 aliphatic carbocycles. The van der Waals surface area contributed by atoms with Crippen molar-refractivity contribution in [2.45, 2.75) is 0 Å². The van der Waals surface area contributed by atoms with Crippen LogP contribution < -0.4 is 0 Å². The Bertz CT molecular complexity index is 550. The van der Waals surface area contributed by atoms with Crippen LogP contribution in [0.3, 0.4) is 0 Å². The molecule has 0 heterocycles. The van der Waals surface area contributed by atoms with Gasteiger partial charge in [0.2, 0.25) is 0 Å². The number of carboxylic acids is 1. The molecule has 1 N–H and O–H groups in total. The van der Waals surface area contributed by atoms with Gasteiger partial charge in [0.1, 0.15) is 0 Å². The van der Waals surface area contributed by atoms with Crippen molar-refractivity contribution in [2.24, 2.45) is 0 Å². The fraction of sp³-hybridized carbons (Fsp3) is 0. The first kappa shape index (κ1) is 10.6. The number of benzene rings is 2. The predicted octanol–water partition coefficient (Wildman–Crippen LogP) is 4.06. The van der Waals surface area contributed by atoms with Gasteiger partial charge in [-0.05, 0) is 44.9 Å². The lowest BCUT2D eigenvalue weighted by Crippen LogP contribution is -1.97. The van der Waals surface area contributed by atoms with Gasteiger partial charge in [0.05, 0.1) is 5.56 Å². The quantitative estimate of drug-likeness (QED) is 0.856. The molecule has 2 nitrogen and oxygen atoms in total. The molecule has 2 aromatic carbocycles. The highest BCUT2D eigenvalue weighted by Gasteiger charge is 2.10. The normalized spacial score (nSPS) is 10.5. The molecule has 76 valence electrons. The Hall–Kier alpha value is -0.870. The molecule has 0 bridgehead atoms. The van der Waals surface area contributed by atoms with E-state index in [1.807, 2.05) is 18.2 Å². The summed E-state index contributed by atoms with van der Waals surface area (Å²) in [5.74, 6) is -0.924. The summed E-state index contributed by atoms with van der Waals surface area (Å²) in [6, 6.07) is 9.12. The highest BCUT2D eigenvalue weighted by atomic mass is 79.9. The van der Waals surface area contributed by atoms with Crippen molar-refractivity contribution >= 4 is 48.6 Å². The highest BCUT2D eigenvalue weighted by molar-refractivity contribution is 9.11.